The van der Waals surface area contributed by atoms with Gasteiger partial charge in [0.15, 0.2) is 0 Å². The van der Waals surface area contributed by atoms with Gasteiger partial charge in [0.1, 0.15) is 17.1 Å². The van der Waals surface area contributed by atoms with Crippen molar-refractivity contribution in [2.75, 3.05) is 7.11 Å². The number of methoxy groups -OCH3 is 1. The summed E-state index contributed by atoms with van der Waals surface area (Å²) in [5, 5.41) is 3.57. The molecule has 0 spiro atoms. The second kappa shape index (κ2) is 4.68. The molecule has 0 amide bonds. The van der Waals surface area contributed by atoms with Gasteiger partial charge >= 0.3 is 0 Å². The molecule has 1 rings (SSSR count). The van der Waals surface area contributed by atoms with Gasteiger partial charge in [0.25, 0.3) is 0 Å². The fraction of sp³-hybridized carbons (Fsp3) is 0.364. The van der Waals surface area contributed by atoms with Crippen LogP contribution in [0.3, 0.4) is 0 Å². The summed E-state index contributed by atoms with van der Waals surface area (Å²) in [6.45, 7) is 3.00. The lowest BCUT2D eigenvalue weighted by atomic mass is 9.89. The highest BCUT2D eigenvalue weighted by atomic mass is 16.5. The average Bonchev–Trinajstić information content (AvgIpc) is 2.29. The number of nitrogens with zero attached hydrogens (tertiary/aromatic N) is 3. The molecule has 0 saturated heterocycles. The summed E-state index contributed by atoms with van der Waals surface area (Å²) in [4.78, 5) is 14.2. The fourth-order valence-electron chi connectivity index (χ4n) is 1.34. The second-order valence-electron chi connectivity index (χ2n) is 3.55. The fourth-order valence-corrected chi connectivity index (χ4v) is 1.34. The van der Waals surface area contributed by atoms with Gasteiger partial charge in [0.05, 0.1) is 7.11 Å². The van der Waals surface area contributed by atoms with Crippen LogP contribution >= 0.6 is 0 Å². The standard InChI is InChI=1S/C11H13N3O2/c1-8(15)11(2,13-14-12)9-4-6-10(16-3)7-5-9/h4-7H,1-3H3. The molecule has 0 radical (unpaired) electrons. The van der Waals surface area contributed by atoms with Gasteiger partial charge in [-0.2, -0.15) is 0 Å². The Morgan fingerprint density at radius 1 is 1.44 bits per heavy atom. The maximum Gasteiger partial charge on any atom is 0.145 e. The largest absolute Gasteiger partial charge is 0.497 e. The molecule has 0 N–H and O–H groups in total. The third kappa shape index (κ3) is 2.15. The maximum atomic E-state index is 11.5. The van der Waals surface area contributed by atoms with Gasteiger partial charge in [-0.25, -0.2) is 0 Å². The first-order valence-corrected chi connectivity index (χ1v) is 4.76. The Bertz CT molecular complexity index is 431. The first-order chi connectivity index (χ1) is 7.54. The first-order valence-electron chi connectivity index (χ1n) is 4.76. The molecule has 0 fully saturated rings. The van der Waals surface area contributed by atoms with Crippen LogP contribution < -0.4 is 4.74 Å². The lowest BCUT2D eigenvalue weighted by Crippen LogP contribution is -2.27. The molecule has 84 valence electrons. The number of hydrogen-bond donors (Lipinski definition) is 0. The molecule has 0 aliphatic rings. The summed E-state index contributed by atoms with van der Waals surface area (Å²) < 4.78 is 5.01. The number of carbonyl (C=O) groups is 1. The molecule has 0 aromatic heterocycles. The number of hydrogen-bond acceptors (Lipinski definition) is 3. The van der Waals surface area contributed by atoms with Crippen molar-refractivity contribution in [3.05, 3.63) is 40.3 Å². The monoisotopic (exact) mass is 219 g/mol. The molecule has 1 aromatic carbocycles. The quantitative estimate of drug-likeness (QED) is 0.443. The van der Waals surface area contributed by atoms with E-state index in [1.54, 1.807) is 38.3 Å². The SMILES string of the molecule is COc1ccc(C(C)(N=[N+]=[N-])C(C)=O)cc1. The molecule has 1 unspecified atom stereocenters. The summed E-state index contributed by atoms with van der Waals surface area (Å²) in [7, 11) is 1.56. The highest BCUT2D eigenvalue weighted by Crippen LogP contribution is 2.28. The van der Waals surface area contributed by atoms with E-state index >= 15 is 0 Å². The van der Waals surface area contributed by atoms with E-state index in [-0.39, 0.29) is 5.78 Å². The van der Waals surface area contributed by atoms with Gasteiger partial charge < -0.3 is 4.74 Å². The third-order valence-corrected chi connectivity index (χ3v) is 2.58. The molecule has 1 aromatic rings. The Labute approximate surface area is 93.7 Å². The van der Waals surface area contributed by atoms with Crippen LogP contribution in [-0.2, 0) is 10.3 Å². The van der Waals surface area contributed by atoms with E-state index in [0.29, 0.717) is 11.3 Å². The zero-order valence-electron chi connectivity index (χ0n) is 9.47. The molecular weight excluding hydrogens is 206 g/mol. The van der Waals surface area contributed by atoms with Crippen LogP contribution in [0.2, 0.25) is 0 Å². The molecule has 0 aliphatic heterocycles. The van der Waals surface area contributed by atoms with E-state index in [1.165, 1.54) is 6.92 Å². The average molecular weight is 219 g/mol. The Hall–Kier alpha value is -2.00. The third-order valence-electron chi connectivity index (χ3n) is 2.58. The zero-order chi connectivity index (χ0) is 12.2. The highest BCUT2D eigenvalue weighted by molar-refractivity contribution is 5.87. The van der Waals surface area contributed by atoms with Crippen molar-refractivity contribution in [3.8, 4) is 5.75 Å². The maximum absolute atomic E-state index is 11.5. The van der Waals surface area contributed by atoms with E-state index in [0.717, 1.165) is 0 Å². The number of benzene rings is 1. The molecule has 16 heavy (non-hydrogen) atoms. The van der Waals surface area contributed by atoms with Crippen molar-refractivity contribution in [2.24, 2.45) is 5.11 Å². The molecule has 1 atom stereocenters. The first kappa shape index (κ1) is 12.1. The summed E-state index contributed by atoms with van der Waals surface area (Å²) in [5.41, 5.74) is 7.99. The van der Waals surface area contributed by atoms with Gasteiger partial charge in [0, 0.05) is 4.91 Å². The number of Topliss-reactive ketones (excluding diaryl/α,β-unsaturated/α-hetero) is 1. The number of rotatable bonds is 4. The van der Waals surface area contributed by atoms with Crippen LogP contribution in [0, 0.1) is 0 Å². The summed E-state index contributed by atoms with van der Waals surface area (Å²) in [5.74, 6) is 0.492. The summed E-state index contributed by atoms with van der Waals surface area (Å²) >= 11 is 0. The Kier molecular flexibility index (Phi) is 3.53. The molecule has 0 saturated carbocycles. The number of carbonyl (C=O) groups excluding carboxylic acids is 1. The van der Waals surface area contributed by atoms with Gasteiger partial charge in [-0.1, -0.05) is 17.2 Å². The topological polar surface area (TPSA) is 75.1 Å². The lowest BCUT2D eigenvalue weighted by molar-refractivity contribution is -0.121. The summed E-state index contributed by atoms with van der Waals surface area (Å²) in [6.07, 6.45) is 0. The van der Waals surface area contributed by atoms with Crippen LogP contribution in [-0.4, -0.2) is 12.9 Å². The predicted octanol–water partition coefficient (Wildman–Crippen LogP) is 2.81. The van der Waals surface area contributed by atoms with Crippen LogP contribution in [0.5, 0.6) is 5.75 Å². The van der Waals surface area contributed by atoms with Crippen molar-refractivity contribution in [1.82, 2.24) is 0 Å². The van der Waals surface area contributed by atoms with Gasteiger partial charge in [-0.15, -0.1) is 0 Å². The van der Waals surface area contributed by atoms with E-state index in [4.69, 9.17) is 10.3 Å². The Balaban J connectivity index is 3.21. The minimum atomic E-state index is -1.15. The van der Waals surface area contributed by atoms with Crippen molar-refractivity contribution in [1.29, 1.82) is 0 Å². The van der Waals surface area contributed by atoms with Crippen molar-refractivity contribution < 1.29 is 9.53 Å². The van der Waals surface area contributed by atoms with Crippen LogP contribution in [0.25, 0.3) is 10.4 Å². The molecular formula is C11H13N3O2. The van der Waals surface area contributed by atoms with Crippen molar-refractivity contribution >= 4 is 5.78 Å². The second-order valence-corrected chi connectivity index (χ2v) is 3.55. The molecule has 5 nitrogen and oxygen atoms in total. The van der Waals surface area contributed by atoms with E-state index in [2.05, 4.69) is 10.0 Å². The number of ether oxygens (including phenoxy) is 1. The van der Waals surface area contributed by atoms with E-state index < -0.39 is 5.54 Å². The van der Waals surface area contributed by atoms with Crippen LogP contribution in [0.4, 0.5) is 0 Å². The number of azide groups is 1. The highest BCUT2D eigenvalue weighted by Gasteiger charge is 2.30. The summed E-state index contributed by atoms with van der Waals surface area (Å²) in [6, 6.07) is 6.89. The number of ketones is 1. The predicted molar refractivity (Wildman–Crippen MR) is 60.2 cm³/mol. The molecule has 0 aliphatic carbocycles. The van der Waals surface area contributed by atoms with Gasteiger partial charge in [0.2, 0.25) is 0 Å². The molecule has 0 bridgehead atoms. The van der Waals surface area contributed by atoms with Crippen molar-refractivity contribution in [3.63, 3.8) is 0 Å². The molecule has 5 heteroatoms. The Morgan fingerprint density at radius 2 is 2.00 bits per heavy atom. The van der Waals surface area contributed by atoms with Gasteiger partial charge in [-0.05, 0) is 37.1 Å². The normalized spacial score (nSPS) is 13.4. The smallest absolute Gasteiger partial charge is 0.145 e. The van der Waals surface area contributed by atoms with Crippen molar-refractivity contribution in [2.45, 2.75) is 19.4 Å². The minimum absolute atomic E-state index is 0.199. The van der Waals surface area contributed by atoms with E-state index in [1.807, 2.05) is 0 Å². The van der Waals surface area contributed by atoms with E-state index in [9.17, 15) is 4.79 Å². The van der Waals surface area contributed by atoms with Crippen LogP contribution in [0.1, 0.15) is 19.4 Å². The van der Waals surface area contributed by atoms with Crippen LogP contribution in [0.15, 0.2) is 29.4 Å². The van der Waals surface area contributed by atoms with Gasteiger partial charge in [-0.3, -0.25) is 4.79 Å². The molecule has 0 heterocycles. The Morgan fingerprint density at radius 3 is 2.38 bits per heavy atom. The minimum Gasteiger partial charge on any atom is -0.497 e. The lowest BCUT2D eigenvalue weighted by Gasteiger charge is -2.21. The zero-order valence-corrected chi connectivity index (χ0v) is 9.47.